The van der Waals surface area contributed by atoms with E-state index in [4.69, 9.17) is 0 Å². The van der Waals surface area contributed by atoms with Crippen LogP contribution in [0.15, 0.2) is 48.0 Å². The molecule has 0 spiro atoms. The first-order chi connectivity index (χ1) is 10.6. The van der Waals surface area contributed by atoms with Gasteiger partial charge in [-0.05, 0) is 42.6 Å². The van der Waals surface area contributed by atoms with Gasteiger partial charge in [-0.15, -0.1) is 16.4 Å². The van der Waals surface area contributed by atoms with Gasteiger partial charge in [-0.2, -0.15) is 0 Å². The van der Waals surface area contributed by atoms with E-state index in [2.05, 4.69) is 15.6 Å². The highest BCUT2D eigenvalue weighted by Crippen LogP contribution is 2.18. The molecule has 5 nitrogen and oxygen atoms in total. The third-order valence-electron chi connectivity index (χ3n) is 3.13. The Kier molecular flexibility index (Phi) is 3.97. The summed E-state index contributed by atoms with van der Waals surface area (Å²) in [5, 5.41) is 12.6. The van der Waals surface area contributed by atoms with Crippen LogP contribution in [0.1, 0.15) is 28.3 Å². The number of nitrogens with one attached hydrogen (secondary N) is 1. The van der Waals surface area contributed by atoms with Gasteiger partial charge in [0.25, 0.3) is 5.91 Å². The quantitative estimate of drug-likeness (QED) is 0.805. The summed E-state index contributed by atoms with van der Waals surface area (Å²) in [5.41, 5.74) is 0.854. The van der Waals surface area contributed by atoms with Crippen LogP contribution in [0.3, 0.4) is 0 Å². The van der Waals surface area contributed by atoms with Gasteiger partial charge in [0.05, 0.1) is 17.9 Å². The van der Waals surface area contributed by atoms with Crippen molar-refractivity contribution in [1.82, 2.24) is 20.3 Å². The lowest BCUT2D eigenvalue weighted by molar-refractivity contribution is 0.0935. The summed E-state index contributed by atoms with van der Waals surface area (Å²) < 4.78 is 14.3. The highest BCUT2D eigenvalue weighted by atomic mass is 32.1. The fraction of sp³-hybridized carbons (Fsp3) is 0.133. The Morgan fingerprint density at radius 2 is 2.09 bits per heavy atom. The molecule has 0 aliphatic rings. The van der Waals surface area contributed by atoms with Crippen LogP contribution >= 0.6 is 11.3 Å². The van der Waals surface area contributed by atoms with Crippen LogP contribution < -0.4 is 5.32 Å². The molecule has 0 unspecified atom stereocenters. The first-order valence-electron chi connectivity index (χ1n) is 6.66. The van der Waals surface area contributed by atoms with Crippen LogP contribution in [0.2, 0.25) is 0 Å². The van der Waals surface area contributed by atoms with Crippen molar-refractivity contribution in [2.24, 2.45) is 0 Å². The van der Waals surface area contributed by atoms with Crippen molar-refractivity contribution in [2.75, 3.05) is 0 Å². The predicted molar refractivity (Wildman–Crippen MR) is 81.5 cm³/mol. The second kappa shape index (κ2) is 6.07. The smallest absolute Gasteiger partial charge is 0.273 e. The minimum absolute atomic E-state index is 0.0940. The number of thiophene rings is 1. The molecule has 0 bridgehead atoms. The van der Waals surface area contributed by atoms with Crippen LogP contribution in [-0.2, 0) is 0 Å². The first-order valence-corrected chi connectivity index (χ1v) is 7.54. The number of carbonyl (C=O) groups excluding carboxylic acids is 1. The number of amides is 1. The zero-order valence-corrected chi connectivity index (χ0v) is 12.5. The molecule has 3 rings (SSSR count). The second-order valence-corrected chi connectivity index (χ2v) is 5.71. The molecule has 0 aliphatic heterocycles. The molecule has 0 fully saturated rings. The fourth-order valence-corrected chi connectivity index (χ4v) is 2.70. The Hall–Kier alpha value is -2.54. The highest BCUT2D eigenvalue weighted by Gasteiger charge is 2.15. The summed E-state index contributed by atoms with van der Waals surface area (Å²) in [7, 11) is 0. The molecular weight excluding hydrogens is 303 g/mol. The number of nitrogens with zero attached hydrogens (tertiary/aromatic N) is 3. The normalized spacial score (nSPS) is 12.1. The molecule has 2 heterocycles. The van der Waals surface area contributed by atoms with Crippen molar-refractivity contribution in [3.8, 4) is 5.69 Å². The average Bonchev–Trinajstić information content (AvgIpc) is 3.20. The van der Waals surface area contributed by atoms with Gasteiger partial charge >= 0.3 is 0 Å². The van der Waals surface area contributed by atoms with E-state index in [1.807, 2.05) is 24.4 Å². The van der Waals surface area contributed by atoms with Crippen LogP contribution in [0.5, 0.6) is 0 Å². The molecule has 0 radical (unpaired) electrons. The number of halogens is 1. The van der Waals surface area contributed by atoms with Gasteiger partial charge in [0.15, 0.2) is 5.69 Å². The Bertz CT molecular complexity index is 767. The standard InChI is InChI=1S/C15H13FN4OS/c1-10(14-3-2-8-22-14)17-15(21)13-9-20(19-18-13)12-6-4-11(16)5-7-12/h2-10H,1H3,(H,17,21)/t10-/m1/s1. The monoisotopic (exact) mass is 316 g/mol. The highest BCUT2D eigenvalue weighted by molar-refractivity contribution is 7.10. The molecule has 0 aliphatic carbocycles. The topological polar surface area (TPSA) is 59.8 Å². The van der Waals surface area contributed by atoms with Crippen molar-refractivity contribution >= 4 is 17.2 Å². The molecule has 0 saturated carbocycles. The molecule has 112 valence electrons. The Balaban J connectivity index is 1.73. The largest absolute Gasteiger partial charge is 0.343 e. The molecule has 1 N–H and O–H groups in total. The van der Waals surface area contributed by atoms with Gasteiger partial charge < -0.3 is 5.32 Å². The Morgan fingerprint density at radius 1 is 1.32 bits per heavy atom. The third-order valence-corrected chi connectivity index (χ3v) is 4.19. The maximum Gasteiger partial charge on any atom is 0.273 e. The molecule has 1 amide bonds. The molecule has 0 saturated heterocycles. The van der Waals surface area contributed by atoms with Crippen molar-refractivity contribution in [2.45, 2.75) is 13.0 Å². The minimum Gasteiger partial charge on any atom is -0.343 e. The van der Waals surface area contributed by atoms with Gasteiger partial charge in [-0.1, -0.05) is 11.3 Å². The van der Waals surface area contributed by atoms with Gasteiger partial charge in [0.1, 0.15) is 5.82 Å². The fourth-order valence-electron chi connectivity index (χ4n) is 1.97. The van der Waals surface area contributed by atoms with Crippen molar-refractivity contribution in [1.29, 1.82) is 0 Å². The van der Waals surface area contributed by atoms with E-state index >= 15 is 0 Å². The minimum atomic E-state index is -0.327. The molecule has 7 heteroatoms. The van der Waals surface area contributed by atoms with Gasteiger partial charge in [0.2, 0.25) is 0 Å². The van der Waals surface area contributed by atoms with Gasteiger partial charge in [-0.25, -0.2) is 9.07 Å². The molecule has 1 atom stereocenters. The van der Waals surface area contributed by atoms with Gasteiger partial charge in [0, 0.05) is 4.88 Å². The number of benzene rings is 1. The number of carbonyl (C=O) groups is 1. The van der Waals surface area contributed by atoms with E-state index in [0.717, 1.165) is 4.88 Å². The number of hydrogen-bond acceptors (Lipinski definition) is 4. The van der Waals surface area contributed by atoms with Crippen LogP contribution in [-0.4, -0.2) is 20.9 Å². The molecule has 22 heavy (non-hydrogen) atoms. The summed E-state index contributed by atoms with van der Waals surface area (Å²) in [6.45, 7) is 1.91. The van der Waals surface area contributed by atoms with Crippen molar-refractivity contribution < 1.29 is 9.18 Å². The van der Waals surface area contributed by atoms with Crippen molar-refractivity contribution in [3.63, 3.8) is 0 Å². The SMILES string of the molecule is C[C@@H](NC(=O)c1cn(-c2ccc(F)cc2)nn1)c1cccs1. The van der Waals surface area contributed by atoms with E-state index in [0.29, 0.717) is 5.69 Å². The number of hydrogen-bond donors (Lipinski definition) is 1. The predicted octanol–water partition coefficient (Wildman–Crippen LogP) is 2.96. The van der Waals surface area contributed by atoms with Crippen LogP contribution in [0.4, 0.5) is 4.39 Å². The summed E-state index contributed by atoms with van der Waals surface area (Å²) in [5.74, 6) is -0.624. The summed E-state index contributed by atoms with van der Waals surface area (Å²) in [4.78, 5) is 13.2. The lowest BCUT2D eigenvalue weighted by Gasteiger charge is -2.10. The molecule has 2 aromatic heterocycles. The second-order valence-electron chi connectivity index (χ2n) is 4.74. The van der Waals surface area contributed by atoms with E-state index < -0.39 is 0 Å². The van der Waals surface area contributed by atoms with E-state index in [9.17, 15) is 9.18 Å². The van der Waals surface area contributed by atoms with Gasteiger partial charge in [-0.3, -0.25) is 4.79 Å². The zero-order valence-electron chi connectivity index (χ0n) is 11.7. The summed E-state index contributed by atoms with van der Waals surface area (Å²) in [6, 6.07) is 9.60. The maximum atomic E-state index is 12.9. The van der Waals surface area contributed by atoms with E-state index in [1.54, 1.807) is 23.5 Å². The summed E-state index contributed by atoms with van der Waals surface area (Å²) >= 11 is 1.58. The summed E-state index contributed by atoms with van der Waals surface area (Å²) in [6.07, 6.45) is 1.52. The average molecular weight is 316 g/mol. The van der Waals surface area contributed by atoms with Crippen LogP contribution in [0.25, 0.3) is 5.69 Å². The number of rotatable bonds is 4. The van der Waals surface area contributed by atoms with E-state index in [-0.39, 0.29) is 23.5 Å². The third kappa shape index (κ3) is 3.04. The Labute approximate surface area is 130 Å². The number of aromatic nitrogens is 3. The lowest BCUT2D eigenvalue weighted by atomic mass is 10.2. The maximum absolute atomic E-state index is 12.9. The molecule has 3 aromatic rings. The van der Waals surface area contributed by atoms with Crippen LogP contribution in [0, 0.1) is 5.82 Å². The first kappa shape index (κ1) is 14.4. The molecule has 1 aromatic carbocycles. The van der Waals surface area contributed by atoms with Crippen molar-refractivity contribution in [3.05, 3.63) is 64.4 Å². The molecular formula is C15H13FN4OS. The lowest BCUT2D eigenvalue weighted by Crippen LogP contribution is -2.26. The van der Waals surface area contributed by atoms with E-state index in [1.165, 1.54) is 23.0 Å². The Morgan fingerprint density at radius 3 is 2.77 bits per heavy atom. The zero-order chi connectivity index (χ0) is 15.5.